The molecule has 10 nitrogen and oxygen atoms in total. The molecule has 5 amide bonds. The van der Waals surface area contributed by atoms with Crippen LogP contribution < -0.4 is 5.32 Å². The lowest BCUT2D eigenvalue weighted by Crippen LogP contribution is -2.58. The van der Waals surface area contributed by atoms with Gasteiger partial charge in [-0.3, -0.25) is 24.6 Å². The molecule has 5 heterocycles. The fraction of sp³-hybridized carbons (Fsp3) is 0.280. The fourth-order valence-electron chi connectivity index (χ4n) is 4.87. The van der Waals surface area contributed by atoms with E-state index >= 15 is 0 Å². The van der Waals surface area contributed by atoms with E-state index in [-0.39, 0.29) is 24.1 Å². The predicted octanol–water partition coefficient (Wildman–Crippen LogP) is 2.74. The van der Waals surface area contributed by atoms with Crippen molar-refractivity contribution in [2.45, 2.75) is 26.3 Å². The Morgan fingerprint density at radius 3 is 2.61 bits per heavy atom. The van der Waals surface area contributed by atoms with E-state index in [1.807, 2.05) is 18.4 Å². The van der Waals surface area contributed by atoms with Crippen molar-refractivity contribution in [1.82, 2.24) is 30.2 Å². The quantitative estimate of drug-likeness (QED) is 0.546. The lowest BCUT2D eigenvalue weighted by Gasteiger charge is -2.32. The zero-order chi connectivity index (χ0) is 25.0. The average molecular weight is 503 g/mol. The summed E-state index contributed by atoms with van der Waals surface area (Å²) in [6.07, 6.45) is 3.07. The SMILES string of the molecule is Cc1nc(C2=CCN(Cc3ccc4c(c3)C(=O)N(N3CCC(=O)NC3=O)C4=O)CC2)c2ccsc2n1. The number of nitrogens with zero attached hydrogens (tertiary/aromatic N) is 5. The van der Waals surface area contributed by atoms with E-state index in [9.17, 15) is 19.2 Å². The largest absolute Gasteiger partial charge is 0.343 e. The van der Waals surface area contributed by atoms with Crippen LogP contribution in [0.2, 0.25) is 0 Å². The van der Waals surface area contributed by atoms with Crippen molar-refractivity contribution < 1.29 is 19.2 Å². The minimum atomic E-state index is -0.768. The van der Waals surface area contributed by atoms with Gasteiger partial charge in [0.1, 0.15) is 10.7 Å². The molecule has 182 valence electrons. The Kier molecular flexibility index (Phi) is 5.38. The molecule has 3 aliphatic rings. The topological polar surface area (TPSA) is 116 Å². The molecule has 1 aromatic carbocycles. The number of hydrazine groups is 1. The second kappa shape index (κ2) is 8.61. The highest BCUT2D eigenvalue weighted by atomic mass is 32.1. The van der Waals surface area contributed by atoms with E-state index in [0.717, 1.165) is 56.8 Å². The Hall–Kier alpha value is -3.96. The number of hydrogen-bond acceptors (Lipinski definition) is 8. The van der Waals surface area contributed by atoms with Gasteiger partial charge in [-0.1, -0.05) is 12.1 Å². The number of amides is 5. The standard InChI is InChI=1S/C25H22N6O4S/c1-14-26-21(18-7-11-36-22(18)27-14)16-4-8-29(9-5-16)13-15-2-3-17-19(12-15)24(34)31(23(17)33)30-10-6-20(32)28-25(30)35/h2-4,7,11-12H,5-6,8-10,13H2,1H3,(H,28,32,35). The number of carbonyl (C=O) groups is 4. The van der Waals surface area contributed by atoms with Gasteiger partial charge >= 0.3 is 6.03 Å². The van der Waals surface area contributed by atoms with E-state index in [2.05, 4.69) is 27.3 Å². The molecule has 0 unspecified atom stereocenters. The molecule has 0 radical (unpaired) electrons. The third-order valence-electron chi connectivity index (χ3n) is 6.64. The fourth-order valence-corrected chi connectivity index (χ4v) is 5.68. The molecule has 0 atom stereocenters. The van der Waals surface area contributed by atoms with Crippen molar-refractivity contribution in [3.05, 3.63) is 63.9 Å². The zero-order valence-corrected chi connectivity index (χ0v) is 20.3. The summed E-state index contributed by atoms with van der Waals surface area (Å²) in [5.41, 5.74) is 3.65. The smallest absolute Gasteiger partial charge is 0.295 e. The summed E-state index contributed by atoms with van der Waals surface area (Å²) in [4.78, 5) is 62.1. The van der Waals surface area contributed by atoms with Gasteiger partial charge in [-0.15, -0.1) is 11.3 Å². The summed E-state index contributed by atoms with van der Waals surface area (Å²) in [5.74, 6) is -0.774. The number of fused-ring (bicyclic) bond motifs is 2. The first-order valence-electron chi connectivity index (χ1n) is 11.7. The van der Waals surface area contributed by atoms with Crippen LogP contribution in [0, 0.1) is 6.92 Å². The Balaban J connectivity index is 1.18. The summed E-state index contributed by atoms with van der Waals surface area (Å²) in [6, 6.07) is 6.51. The molecule has 0 aliphatic carbocycles. The number of carbonyl (C=O) groups excluding carboxylic acids is 4. The van der Waals surface area contributed by atoms with Gasteiger partial charge in [-0.25, -0.2) is 19.8 Å². The highest BCUT2D eigenvalue weighted by Crippen LogP contribution is 2.31. The molecule has 6 rings (SSSR count). The van der Waals surface area contributed by atoms with Crippen LogP contribution in [0.5, 0.6) is 0 Å². The highest BCUT2D eigenvalue weighted by molar-refractivity contribution is 7.16. The lowest BCUT2D eigenvalue weighted by atomic mass is 10.0. The van der Waals surface area contributed by atoms with Crippen molar-refractivity contribution in [2.75, 3.05) is 19.6 Å². The van der Waals surface area contributed by atoms with Crippen LogP contribution in [0.1, 0.15) is 50.6 Å². The lowest BCUT2D eigenvalue weighted by molar-refractivity contribution is -0.122. The number of benzene rings is 1. The minimum absolute atomic E-state index is 0.0189. The molecule has 1 N–H and O–H groups in total. The molecular formula is C25H22N6O4S. The molecule has 0 bridgehead atoms. The van der Waals surface area contributed by atoms with Gasteiger partial charge in [-0.05, 0) is 48.1 Å². The van der Waals surface area contributed by atoms with E-state index in [1.54, 1.807) is 23.5 Å². The van der Waals surface area contributed by atoms with E-state index in [4.69, 9.17) is 4.98 Å². The predicted molar refractivity (Wildman–Crippen MR) is 132 cm³/mol. The molecule has 3 aromatic rings. The molecule has 36 heavy (non-hydrogen) atoms. The van der Waals surface area contributed by atoms with Crippen LogP contribution in [0.3, 0.4) is 0 Å². The molecule has 0 spiro atoms. The van der Waals surface area contributed by atoms with Crippen molar-refractivity contribution in [3.63, 3.8) is 0 Å². The van der Waals surface area contributed by atoms with E-state index in [0.29, 0.717) is 6.54 Å². The summed E-state index contributed by atoms with van der Waals surface area (Å²) >= 11 is 1.62. The summed E-state index contributed by atoms with van der Waals surface area (Å²) in [6.45, 7) is 4.08. The second-order valence-electron chi connectivity index (χ2n) is 9.00. The van der Waals surface area contributed by atoms with Crippen molar-refractivity contribution in [1.29, 1.82) is 0 Å². The number of thiophene rings is 1. The molecule has 0 saturated carbocycles. The Bertz CT molecular complexity index is 1490. The average Bonchev–Trinajstić information content (AvgIpc) is 3.42. The van der Waals surface area contributed by atoms with Gasteiger partial charge in [0.25, 0.3) is 11.8 Å². The van der Waals surface area contributed by atoms with Crippen molar-refractivity contribution in [2.24, 2.45) is 0 Å². The van der Waals surface area contributed by atoms with Gasteiger partial charge in [0.15, 0.2) is 0 Å². The molecule has 11 heteroatoms. The molecule has 2 aromatic heterocycles. The van der Waals surface area contributed by atoms with Gasteiger partial charge in [0.05, 0.1) is 23.4 Å². The van der Waals surface area contributed by atoms with E-state index in [1.165, 1.54) is 5.57 Å². The number of imide groups is 2. The minimum Gasteiger partial charge on any atom is -0.295 e. The molecule has 1 fully saturated rings. The van der Waals surface area contributed by atoms with Crippen molar-refractivity contribution in [3.8, 4) is 0 Å². The normalized spacial score (nSPS) is 18.6. The summed E-state index contributed by atoms with van der Waals surface area (Å²) < 4.78 is 0. The van der Waals surface area contributed by atoms with E-state index < -0.39 is 23.8 Å². The summed E-state index contributed by atoms with van der Waals surface area (Å²) in [7, 11) is 0. The van der Waals surface area contributed by atoms with Gasteiger partial charge in [0, 0.05) is 31.4 Å². The Labute approximate surface area is 210 Å². The number of hydrogen-bond donors (Lipinski definition) is 1. The van der Waals surface area contributed by atoms with Crippen LogP contribution in [0.4, 0.5) is 4.79 Å². The van der Waals surface area contributed by atoms with Crippen LogP contribution >= 0.6 is 11.3 Å². The third-order valence-corrected chi connectivity index (χ3v) is 7.45. The second-order valence-corrected chi connectivity index (χ2v) is 9.90. The highest BCUT2D eigenvalue weighted by Gasteiger charge is 2.43. The summed E-state index contributed by atoms with van der Waals surface area (Å²) in [5, 5.41) is 7.11. The maximum absolute atomic E-state index is 13.1. The maximum atomic E-state index is 13.1. The third kappa shape index (κ3) is 3.76. The first-order chi connectivity index (χ1) is 17.4. The Morgan fingerprint density at radius 1 is 1.00 bits per heavy atom. The van der Waals surface area contributed by atoms with Crippen molar-refractivity contribution >= 4 is 50.9 Å². The van der Waals surface area contributed by atoms with Crippen LogP contribution in [-0.4, -0.2) is 68.3 Å². The van der Waals surface area contributed by atoms with Crippen LogP contribution in [-0.2, 0) is 11.3 Å². The first-order valence-corrected chi connectivity index (χ1v) is 12.5. The number of nitrogens with one attached hydrogen (secondary N) is 1. The number of rotatable bonds is 4. The van der Waals surface area contributed by atoms with Crippen LogP contribution in [0.15, 0.2) is 35.7 Å². The molecular weight excluding hydrogens is 480 g/mol. The monoisotopic (exact) mass is 502 g/mol. The number of aromatic nitrogens is 2. The number of aryl methyl sites for hydroxylation is 1. The molecule has 1 saturated heterocycles. The van der Waals surface area contributed by atoms with Gasteiger partial charge < -0.3 is 0 Å². The van der Waals surface area contributed by atoms with Gasteiger partial charge in [0.2, 0.25) is 5.91 Å². The maximum Gasteiger partial charge on any atom is 0.343 e. The Morgan fingerprint density at radius 2 is 1.83 bits per heavy atom. The molecule has 3 aliphatic heterocycles. The number of urea groups is 1. The first kappa shape index (κ1) is 22.5. The zero-order valence-electron chi connectivity index (χ0n) is 19.5. The van der Waals surface area contributed by atoms with Crippen LogP contribution in [0.25, 0.3) is 15.8 Å². The van der Waals surface area contributed by atoms with Gasteiger partial charge in [-0.2, -0.15) is 5.01 Å².